The van der Waals surface area contributed by atoms with E-state index in [1.807, 2.05) is 44.2 Å². The molecule has 0 bridgehead atoms. The van der Waals surface area contributed by atoms with Crippen LogP contribution in [0, 0.1) is 13.8 Å². The lowest BCUT2D eigenvalue weighted by atomic mass is 10.1. The number of ether oxygens (including phenoxy) is 1. The van der Waals surface area contributed by atoms with Crippen LogP contribution in [0.25, 0.3) is 0 Å². The van der Waals surface area contributed by atoms with E-state index in [2.05, 4.69) is 6.07 Å². The number of rotatable bonds is 3. The Labute approximate surface area is 107 Å². The van der Waals surface area contributed by atoms with Crippen molar-refractivity contribution in [1.82, 2.24) is 0 Å². The number of hydrogen-bond donors (Lipinski definition) is 0. The van der Waals surface area contributed by atoms with Crippen molar-refractivity contribution in [3.8, 4) is 11.5 Å². The molecule has 0 N–H and O–H groups in total. The molecule has 0 aliphatic heterocycles. The summed E-state index contributed by atoms with van der Waals surface area (Å²) in [5, 5.41) is 0. The Kier molecular flexibility index (Phi) is 3.47. The molecule has 0 aliphatic rings. The summed E-state index contributed by atoms with van der Waals surface area (Å²) in [6.07, 6.45) is 0. The molecule has 2 aromatic carbocycles. The molecule has 0 aliphatic carbocycles. The minimum Gasteiger partial charge on any atom is -0.456 e. The van der Waals surface area contributed by atoms with Gasteiger partial charge >= 0.3 is 0 Å². The molecule has 0 atom stereocenters. The Balaban J connectivity index is 2.37. The number of carbonyl (C=O) groups is 1. The lowest BCUT2D eigenvalue weighted by molar-refractivity contribution is 0.101. The van der Waals surface area contributed by atoms with Crippen LogP contribution in [0.1, 0.15) is 28.4 Å². The molecule has 0 radical (unpaired) electrons. The maximum Gasteiger partial charge on any atom is 0.163 e. The number of aryl methyl sites for hydroxylation is 2. The second-order valence-corrected chi connectivity index (χ2v) is 4.42. The molecule has 18 heavy (non-hydrogen) atoms. The van der Waals surface area contributed by atoms with E-state index in [1.54, 1.807) is 13.0 Å². The highest BCUT2D eigenvalue weighted by molar-refractivity contribution is 5.96. The van der Waals surface area contributed by atoms with Gasteiger partial charge in [-0.1, -0.05) is 29.8 Å². The highest BCUT2D eigenvalue weighted by Crippen LogP contribution is 2.28. The zero-order valence-electron chi connectivity index (χ0n) is 10.9. The fourth-order valence-corrected chi connectivity index (χ4v) is 1.88. The van der Waals surface area contributed by atoms with Crippen molar-refractivity contribution in [2.75, 3.05) is 0 Å². The van der Waals surface area contributed by atoms with Crippen LogP contribution in [0.5, 0.6) is 11.5 Å². The molecule has 92 valence electrons. The van der Waals surface area contributed by atoms with Crippen LogP contribution in [0.2, 0.25) is 0 Å². The number of para-hydroxylation sites is 1. The van der Waals surface area contributed by atoms with Crippen molar-refractivity contribution in [3.05, 3.63) is 59.2 Å². The fourth-order valence-electron chi connectivity index (χ4n) is 1.88. The van der Waals surface area contributed by atoms with E-state index < -0.39 is 0 Å². The van der Waals surface area contributed by atoms with Crippen LogP contribution in [0.4, 0.5) is 0 Å². The Bertz CT molecular complexity index is 585. The van der Waals surface area contributed by atoms with Gasteiger partial charge in [-0.05, 0) is 44.5 Å². The van der Waals surface area contributed by atoms with Crippen molar-refractivity contribution in [3.63, 3.8) is 0 Å². The molecular weight excluding hydrogens is 224 g/mol. The number of ketones is 1. The van der Waals surface area contributed by atoms with E-state index in [1.165, 1.54) is 5.56 Å². The monoisotopic (exact) mass is 240 g/mol. The Morgan fingerprint density at radius 3 is 2.39 bits per heavy atom. The van der Waals surface area contributed by atoms with E-state index in [4.69, 9.17) is 4.74 Å². The van der Waals surface area contributed by atoms with Gasteiger partial charge in [0.1, 0.15) is 11.5 Å². The summed E-state index contributed by atoms with van der Waals surface area (Å²) in [7, 11) is 0. The van der Waals surface area contributed by atoms with Gasteiger partial charge in [-0.3, -0.25) is 4.79 Å². The number of carbonyl (C=O) groups excluding carboxylic acids is 1. The zero-order valence-corrected chi connectivity index (χ0v) is 10.9. The highest BCUT2D eigenvalue weighted by Gasteiger charge is 2.09. The zero-order chi connectivity index (χ0) is 13.1. The van der Waals surface area contributed by atoms with Crippen molar-refractivity contribution in [1.29, 1.82) is 0 Å². The first kappa shape index (κ1) is 12.4. The summed E-state index contributed by atoms with van der Waals surface area (Å²) in [6.45, 7) is 5.59. The third kappa shape index (κ3) is 2.59. The summed E-state index contributed by atoms with van der Waals surface area (Å²) < 4.78 is 5.84. The first-order valence-corrected chi connectivity index (χ1v) is 5.93. The Morgan fingerprint density at radius 1 is 1.00 bits per heavy atom. The molecule has 0 fully saturated rings. The van der Waals surface area contributed by atoms with Crippen molar-refractivity contribution in [2.45, 2.75) is 20.8 Å². The molecule has 0 spiro atoms. The summed E-state index contributed by atoms with van der Waals surface area (Å²) in [5.74, 6) is 1.40. The normalized spacial score (nSPS) is 10.2. The van der Waals surface area contributed by atoms with Crippen molar-refractivity contribution in [2.24, 2.45) is 0 Å². The standard InChI is InChI=1S/C16H16O2/c1-11-8-9-15(12(2)10-11)18-16-7-5-4-6-14(16)13(3)17/h4-10H,1-3H3. The summed E-state index contributed by atoms with van der Waals surface area (Å²) in [4.78, 5) is 11.5. The number of hydrogen-bond acceptors (Lipinski definition) is 2. The number of benzene rings is 2. The van der Waals surface area contributed by atoms with Gasteiger partial charge in [0.15, 0.2) is 5.78 Å². The van der Waals surface area contributed by atoms with Gasteiger partial charge < -0.3 is 4.74 Å². The van der Waals surface area contributed by atoms with Crippen molar-refractivity contribution >= 4 is 5.78 Å². The summed E-state index contributed by atoms with van der Waals surface area (Å²) in [5.41, 5.74) is 2.87. The first-order chi connectivity index (χ1) is 8.58. The molecule has 2 rings (SSSR count). The summed E-state index contributed by atoms with van der Waals surface area (Å²) in [6, 6.07) is 13.3. The SMILES string of the molecule is CC(=O)c1ccccc1Oc1ccc(C)cc1C. The second-order valence-electron chi connectivity index (χ2n) is 4.42. The molecule has 2 nitrogen and oxygen atoms in total. The van der Waals surface area contributed by atoms with E-state index in [9.17, 15) is 4.79 Å². The predicted molar refractivity (Wildman–Crippen MR) is 72.4 cm³/mol. The third-order valence-electron chi connectivity index (χ3n) is 2.82. The van der Waals surface area contributed by atoms with Crippen molar-refractivity contribution < 1.29 is 9.53 Å². The molecular formula is C16H16O2. The minimum atomic E-state index is 0.00960. The number of Topliss-reactive ketones (excluding diaryl/α,β-unsaturated/α-hetero) is 1. The molecule has 0 aromatic heterocycles. The maximum absolute atomic E-state index is 11.5. The third-order valence-corrected chi connectivity index (χ3v) is 2.82. The Hall–Kier alpha value is -2.09. The molecule has 2 aromatic rings. The average molecular weight is 240 g/mol. The smallest absolute Gasteiger partial charge is 0.163 e. The molecule has 0 saturated carbocycles. The van der Waals surface area contributed by atoms with E-state index >= 15 is 0 Å². The van der Waals surface area contributed by atoms with Gasteiger partial charge in [0, 0.05) is 0 Å². The van der Waals surface area contributed by atoms with Gasteiger partial charge in [-0.15, -0.1) is 0 Å². The molecule has 0 unspecified atom stereocenters. The lowest BCUT2D eigenvalue weighted by Gasteiger charge is -2.11. The van der Waals surface area contributed by atoms with Crippen LogP contribution in [-0.4, -0.2) is 5.78 Å². The topological polar surface area (TPSA) is 26.3 Å². The minimum absolute atomic E-state index is 0.00960. The van der Waals surface area contributed by atoms with Crippen LogP contribution >= 0.6 is 0 Å². The van der Waals surface area contributed by atoms with Crippen LogP contribution in [0.3, 0.4) is 0 Å². The van der Waals surface area contributed by atoms with Gasteiger partial charge in [-0.2, -0.15) is 0 Å². The van der Waals surface area contributed by atoms with E-state index in [-0.39, 0.29) is 5.78 Å². The maximum atomic E-state index is 11.5. The van der Waals surface area contributed by atoms with Gasteiger partial charge in [0.25, 0.3) is 0 Å². The molecule has 0 heterocycles. The van der Waals surface area contributed by atoms with E-state index in [0.29, 0.717) is 11.3 Å². The highest BCUT2D eigenvalue weighted by atomic mass is 16.5. The largest absolute Gasteiger partial charge is 0.456 e. The quantitative estimate of drug-likeness (QED) is 0.748. The van der Waals surface area contributed by atoms with Gasteiger partial charge in [0.2, 0.25) is 0 Å². The lowest BCUT2D eigenvalue weighted by Crippen LogP contribution is -1.97. The predicted octanol–water partition coefficient (Wildman–Crippen LogP) is 4.30. The van der Waals surface area contributed by atoms with E-state index in [0.717, 1.165) is 11.3 Å². The first-order valence-electron chi connectivity index (χ1n) is 5.93. The fraction of sp³-hybridized carbons (Fsp3) is 0.188. The molecule has 0 amide bonds. The van der Waals surface area contributed by atoms with Crippen LogP contribution < -0.4 is 4.74 Å². The molecule has 2 heteroatoms. The average Bonchev–Trinajstić information content (AvgIpc) is 2.33. The van der Waals surface area contributed by atoms with Gasteiger partial charge in [-0.25, -0.2) is 0 Å². The molecule has 0 saturated heterocycles. The van der Waals surface area contributed by atoms with Gasteiger partial charge in [0.05, 0.1) is 5.56 Å². The Morgan fingerprint density at radius 2 is 1.72 bits per heavy atom. The van der Waals surface area contributed by atoms with Crippen LogP contribution in [-0.2, 0) is 0 Å². The second kappa shape index (κ2) is 5.05. The summed E-state index contributed by atoms with van der Waals surface area (Å²) >= 11 is 0. The van der Waals surface area contributed by atoms with Crippen LogP contribution in [0.15, 0.2) is 42.5 Å².